The van der Waals surface area contributed by atoms with Crippen LogP contribution < -0.4 is 0 Å². The Labute approximate surface area is 415 Å². The molecule has 2 amide bonds. The minimum Gasteiger partial charge on any atom is -0.396 e. The third kappa shape index (κ3) is 46.6. The average Bonchev–Trinajstić information content (AvgIpc) is 3.32. The smallest absolute Gasteiger partial charge is 0.222 e. The molecular weight excluding hydrogens is 811 g/mol. The van der Waals surface area contributed by atoms with E-state index in [2.05, 4.69) is 42.4 Å². The van der Waals surface area contributed by atoms with Crippen molar-refractivity contribution in [3.63, 3.8) is 0 Å². The van der Waals surface area contributed by atoms with Gasteiger partial charge in [0.1, 0.15) is 0 Å². The fourth-order valence-corrected chi connectivity index (χ4v) is 9.85. The Morgan fingerprint density at radius 1 is 0.258 bits per heavy atom. The number of carbonyl (C=O) groups is 2. The van der Waals surface area contributed by atoms with Gasteiger partial charge in [-0.15, -0.1) is 0 Å². The van der Waals surface area contributed by atoms with E-state index in [1.54, 1.807) is 0 Å². The van der Waals surface area contributed by atoms with E-state index in [0.717, 1.165) is 97.2 Å². The van der Waals surface area contributed by atoms with Crippen LogP contribution in [0.5, 0.6) is 0 Å². The fourth-order valence-electron chi connectivity index (χ4n) is 9.85. The number of amides is 2. The van der Waals surface area contributed by atoms with Crippen molar-refractivity contribution in [1.29, 1.82) is 0 Å². The van der Waals surface area contributed by atoms with Gasteiger partial charge in [-0.05, 0) is 83.8 Å². The van der Waals surface area contributed by atoms with Crippen LogP contribution >= 0.6 is 0 Å². The van der Waals surface area contributed by atoms with Gasteiger partial charge in [0.15, 0.2) is 0 Å². The largest absolute Gasteiger partial charge is 0.396 e. The van der Waals surface area contributed by atoms with Gasteiger partial charge in [0.2, 0.25) is 11.8 Å². The maximum atomic E-state index is 13.4. The molecule has 0 spiro atoms. The zero-order chi connectivity index (χ0) is 48.1. The number of rotatable bonds is 56. The second-order valence-corrected chi connectivity index (χ2v) is 21.0. The highest BCUT2D eigenvalue weighted by Crippen LogP contribution is 2.17. The van der Waals surface area contributed by atoms with Crippen molar-refractivity contribution in [1.82, 2.24) is 14.7 Å². The van der Waals surface area contributed by atoms with Gasteiger partial charge in [-0.2, -0.15) is 0 Å². The van der Waals surface area contributed by atoms with Gasteiger partial charge in [0.25, 0.3) is 0 Å². The van der Waals surface area contributed by atoms with Gasteiger partial charge < -0.3 is 19.8 Å². The summed E-state index contributed by atoms with van der Waals surface area (Å²) in [5, 5.41) is 9.44. The van der Waals surface area contributed by atoms with Crippen molar-refractivity contribution in [2.45, 2.75) is 323 Å². The molecule has 0 aliphatic rings. The fraction of sp³-hybridized carbons (Fsp3) is 0.967. The van der Waals surface area contributed by atoms with Gasteiger partial charge in [0, 0.05) is 45.6 Å². The van der Waals surface area contributed by atoms with Crippen LogP contribution in [-0.2, 0) is 9.59 Å². The zero-order valence-corrected chi connectivity index (χ0v) is 45.8. The summed E-state index contributed by atoms with van der Waals surface area (Å²) in [7, 11) is 0. The first-order valence-corrected chi connectivity index (χ1v) is 30.4. The molecule has 0 saturated heterocycles. The van der Waals surface area contributed by atoms with E-state index >= 15 is 0 Å². The summed E-state index contributed by atoms with van der Waals surface area (Å²) in [6.45, 7) is 16.7. The van der Waals surface area contributed by atoms with Crippen molar-refractivity contribution >= 4 is 11.8 Å². The molecule has 0 aromatic heterocycles. The summed E-state index contributed by atoms with van der Waals surface area (Å²) >= 11 is 0. The zero-order valence-electron chi connectivity index (χ0n) is 45.8. The molecule has 0 fully saturated rings. The van der Waals surface area contributed by atoms with Crippen molar-refractivity contribution in [2.75, 3.05) is 52.4 Å². The second kappa shape index (κ2) is 54.8. The van der Waals surface area contributed by atoms with E-state index in [-0.39, 0.29) is 6.61 Å². The van der Waals surface area contributed by atoms with E-state index in [4.69, 9.17) is 0 Å². The van der Waals surface area contributed by atoms with Crippen LogP contribution in [0.4, 0.5) is 0 Å². The maximum absolute atomic E-state index is 13.4. The first-order valence-electron chi connectivity index (χ1n) is 30.4. The molecule has 0 aliphatic heterocycles. The van der Waals surface area contributed by atoms with Gasteiger partial charge in [-0.1, -0.05) is 246 Å². The van der Waals surface area contributed by atoms with Crippen LogP contribution in [0.3, 0.4) is 0 Å². The molecule has 0 aliphatic carbocycles. The van der Waals surface area contributed by atoms with Crippen LogP contribution in [0.2, 0.25) is 0 Å². The minimum absolute atomic E-state index is 0.288. The SMILES string of the molecule is CCCCCCCCCCN(CCCCCCCCCC)C(=O)CCCCCCCN(CCCCO)CCCCCCCC(=O)N(CCCCCCCCCC)CCCCCCCCCC. The number of hydrogen-bond donors (Lipinski definition) is 1. The van der Waals surface area contributed by atoms with Crippen molar-refractivity contribution in [2.24, 2.45) is 0 Å². The Kier molecular flexibility index (Phi) is 53.8. The number of carbonyl (C=O) groups excluding carboxylic acids is 2. The van der Waals surface area contributed by atoms with Crippen LogP contribution in [0.25, 0.3) is 0 Å². The second-order valence-electron chi connectivity index (χ2n) is 21.0. The average molecular weight is 933 g/mol. The van der Waals surface area contributed by atoms with Crippen LogP contribution in [0.15, 0.2) is 0 Å². The number of nitrogens with zero attached hydrogens (tertiary/aromatic N) is 3. The predicted octanol–water partition coefficient (Wildman–Crippen LogP) is 18.0. The monoisotopic (exact) mass is 932 g/mol. The summed E-state index contributed by atoms with van der Waals surface area (Å²) in [5.74, 6) is 0.820. The predicted molar refractivity (Wildman–Crippen MR) is 292 cm³/mol. The highest BCUT2D eigenvalue weighted by Gasteiger charge is 2.15. The lowest BCUT2D eigenvalue weighted by Gasteiger charge is -2.23. The molecule has 394 valence electrons. The van der Waals surface area contributed by atoms with Crippen LogP contribution in [0, 0.1) is 0 Å². The molecule has 0 bridgehead atoms. The van der Waals surface area contributed by atoms with E-state index in [9.17, 15) is 14.7 Å². The molecule has 6 nitrogen and oxygen atoms in total. The molecule has 1 N–H and O–H groups in total. The van der Waals surface area contributed by atoms with Gasteiger partial charge in [0.05, 0.1) is 0 Å². The third-order valence-electron chi connectivity index (χ3n) is 14.4. The minimum atomic E-state index is 0.288. The summed E-state index contributed by atoms with van der Waals surface area (Å²) in [4.78, 5) is 33.9. The lowest BCUT2D eigenvalue weighted by molar-refractivity contribution is -0.132. The Bertz CT molecular complexity index is 851. The molecule has 0 heterocycles. The lowest BCUT2D eigenvalue weighted by Crippen LogP contribution is -2.32. The van der Waals surface area contributed by atoms with Gasteiger partial charge >= 0.3 is 0 Å². The first-order chi connectivity index (χ1) is 32.5. The molecule has 0 radical (unpaired) electrons. The van der Waals surface area contributed by atoms with E-state index in [1.807, 2.05) is 0 Å². The number of unbranched alkanes of at least 4 members (excludes halogenated alkanes) is 37. The highest BCUT2D eigenvalue weighted by atomic mass is 16.3. The maximum Gasteiger partial charge on any atom is 0.222 e. The molecule has 0 atom stereocenters. The Balaban J connectivity index is 4.55. The van der Waals surface area contributed by atoms with E-state index in [0.29, 0.717) is 11.8 Å². The standard InChI is InChI=1S/C60H121N3O3/c1-5-9-13-17-21-25-35-43-54-62(55-44-36-26-22-18-14-10-6-2)59(65)49-39-31-29-33-41-51-61(53-47-48-58-64)52-42-34-30-32-40-50-60(66)63(56-45-37-27-23-19-15-11-7-3)57-46-38-28-24-20-16-12-8-4/h64H,5-58H2,1-4H3. The molecule has 0 rings (SSSR count). The quantitative estimate of drug-likeness (QED) is 0.0617. The van der Waals surface area contributed by atoms with Crippen molar-refractivity contribution in [3.05, 3.63) is 0 Å². The number of aliphatic hydroxyl groups excluding tert-OH is 1. The number of aliphatic hydroxyl groups is 1. The topological polar surface area (TPSA) is 64.1 Å². The van der Waals surface area contributed by atoms with Crippen LogP contribution in [0.1, 0.15) is 323 Å². The summed E-state index contributed by atoms with van der Waals surface area (Å²) in [6, 6.07) is 0. The molecule has 0 unspecified atom stereocenters. The van der Waals surface area contributed by atoms with E-state index in [1.165, 1.54) is 244 Å². The number of hydrogen-bond acceptors (Lipinski definition) is 4. The van der Waals surface area contributed by atoms with Gasteiger partial charge in [-0.3, -0.25) is 9.59 Å². The molecule has 0 saturated carbocycles. The summed E-state index contributed by atoms with van der Waals surface area (Å²) in [6.07, 6.45) is 57.4. The van der Waals surface area contributed by atoms with E-state index < -0.39 is 0 Å². The third-order valence-corrected chi connectivity index (χ3v) is 14.4. The summed E-state index contributed by atoms with van der Waals surface area (Å²) in [5.41, 5.74) is 0. The Morgan fingerprint density at radius 2 is 0.455 bits per heavy atom. The first kappa shape index (κ1) is 64.9. The Hall–Kier alpha value is -1.14. The molecular formula is C60H121N3O3. The Morgan fingerprint density at radius 3 is 0.697 bits per heavy atom. The highest BCUT2D eigenvalue weighted by molar-refractivity contribution is 5.76. The van der Waals surface area contributed by atoms with Gasteiger partial charge in [-0.25, -0.2) is 0 Å². The normalized spacial score (nSPS) is 11.6. The molecule has 66 heavy (non-hydrogen) atoms. The molecule has 0 aromatic rings. The molecule has 0 aromatic carbocycles. The van der Waals surface area contributed by atoms with Crippen molar-refractivity contribution < 1.29 is 14.7 Å². The molecule has 6 heteroatoms. The lowest BCUT2D eigenvalue weighted by atomic mass is 10.1. The summed E-state index contributed by atoms with van der Waals surface area (Å²) < 4.78 is 0. The van der Waals surface area contributed by atoms with Crippen molar-refractivity contribution in [3.8, 4) is 0 Å². The van der Waals surface area contributed by atoms with Crippen LogP contribution in [-0.4, -0.2) is 84.0 Å².